The van der Waals surface area contributed by atoms with Crippen molar-refractivity contribution >= 4 is 28.2 Å². The Kier molecular flexibility index (Phi) is 5.00. The minimum absolute atomic E-state index is 0.0950. The standard InChI is InChI=1S/C22H21N3O4S/c1-27-17-6-2-5-15-11-18(28-20(15)17)22(26)25-8-3-4-14(12-25)10-19-23-21(24-29-19)16-7-9-30-13-16/h2,5-7,9,11,13-14H,3-4,8,10,12H2,1H3. The third kappa shape index (κ3) is 3.59. The summed E-state index contributed by atoms with van der Waals surface area (Å²) in [6.07, 6.45) is 2.62. The highest BCUT2D eigenvalue weighted by Gasteiger charge is 2.28. The Labute approximate surface area is 177 Å². The van der Waals surface area contributed by atoms with Crippen LogP contribution in [0, 0.1) is 5.92 Å². The van der Waals surface area contributed by atoms with E-state index in [1.807, 2.05) is 39.9 Å². The van der Waals surface area contributed by atoms with Gasteiger partial charge in [-0.1, -0.05) is 17.3 Å². The van der Waals surface area contributed by atoms with Gasteiger partial charge in [0.1, 0.15) is 0 Å². The van der Waals surface area contributed by atoms with Crippen molar-refractivity contribution in [1.82, 2.24) is 15.0 Å². The Bertz CT molecular complexity index is 1160. The lowest BCUT2D eigenvalue weighted by Gasteiger charge is -2.31. The van der Waals surface area contributed by atoms with Gasteiger partial charge in [0.15, 0.2) is 17.1 Å². The third-order valence-corrected chi connectivity index (χ3v) is 6.14. The van der Waals surface area contributed by atoms with E-state index in [2.05, 4.69) is 10.1 Å². The van der Waals surface area contributed by atoms with Gasteiger partial charge >= 0.3 is 0 Å². The number of carbonyl (C=O) groups is 1. The number of benzene rings is 1. The Morgan fingerprint density at radius 3 is 3.13 bits per heavy atom. The minimum Gasteiger partial charge on any atom is -0.493 e. The van der Waals surface area contributed by atoms with E-state index in [9.17, 15) is 4.79 Å². The number of methoxy groups -OCH3 is 1. The highest BCUT2D eigenvalue weighted by molar-refractivity contribution is 7.08. The number of amides is 1. The van der Waals surface area contributed by atoms with Crippen molar-refractivity contribution in [2.45, 2.75) is 19.3 Å². The molecule has 7 nitrogen and oxygen atoms in total. The molecule has 1 atom stereocenters. The Morgan fingerprint density at radius 1 is 1.37 bits per heavy atom. The Hall–Kier alpha value is -3.13. The largest absolute Gasteiger partial charge is 0.493 e. The van der Waals surface area contributed by atoms with Crippen molar-refractivity contribution in [1.29, 1.82) is 0 Å². The van der Waals surface area contributed by atoms with Crippen molar-refractivity contribution < 1.29 is 18.5 Å². The maximum absolute atomic E-state index is 13.1. The second kappa shape index (κ2) is 7.95. The fraction of sp³-hybridized carbons (Fsp3) is 0.318. The monoisotopic (exact) mass is 423 g/mol. The number of likely N-dealkylation sites (tertiary alicyclic amines) is 1. The van der Waals surface area contributed by atoms with Gasteiger partial charge < -0.3 is 18.6 Å². The number of hydrogen-bond donors (Lipinski definition) is 0. The molecule has 8 heteroatoms. The second-order valence-electron chi connectivity index (χ2n) is 7.48. The predicted molar refractivity (Wildman–Crippen MR) is 113 cm³/mol. The maximum atomic E-state index is 13.1. The van der Waals surface area contributed by atoms with Crippen molar-refractivity contribution in [3.63, 3.8) is 0 Å². The molecule has 0 aliphatic carbocycles. The summed E-state index contributed by atoms with van der Waals surface area (Å²) in [5.74, 6) is 2.38. The van der Waals surface area contributed by atoms with Gasteiger partial charge in [-0.25, -0.2) is 0 Å². The van der Waals surface area contributed by atoms with Gasteiger partial charge in [-0.05, 0) is 42.3 Å². The molecular formula is C22H21N3O4S. The third-order valence-electron chi connectivity index (χ3n) is 5.46. The lowest BCUT2D eigenvalue weighted by atomic mass is 9.94. The maximum Gasteiger partial charge on any atom is 0.289 e. The fourth-order valence-corrected chi connectivity index (χ4v) is 4.60. The first-order chi connectivity index (χ1) is 14.7. The zero-order chi connectivity index (χ0) is 20.5. The van der Waals surface area contributed by atoms with Crippen LogP contribution in [0.1, 0.15) is 29.3 Å². The van der Waals surface area contributed by atoms with Crippen LogP contribution in [0.3, 0.4) is 0 Å². The number of aromatic nitrogens is 2. The number of para-hydroxylation sites is 1. The lowest BCUT2D eigenvalue weighted by Crippen LogP contribution is -2.40. The molecule has 4 heterocycles. The molecule has 0 spiro atoms. The molecule has 154 valence electrons. The first-order valence-electron chi connectivity index (χ1n) is 9.92. The summed E-state index contributed by atoms with van der Waals surface area (Å²) < 4.78 is 16.6. The zero-order valence-electron chi connectivity index (χ0n) is 16.5. The zero-order valence-corrected chi connectivity index (χ0v) is 17.4. The topological polar surface area (TPSA) is 81.6 Å². The lowest BCUT2D eigenvalue weighted by molar-refractivity contribution is 0.0638. The first kappa shape index (κ1) is 18.9. The average molecular weight is 423 g/mol. The van der Waals surface area contributed by atoms with E-state index in [-0.39, 0.29) is 11.8 Å². The van der Waals surface area contributed by atoms with Gasteiger partial charge in [0.2, 0.25) is 11.7 Å². The molecule has 4 aromatic rings. The van der Waals surface area contributed by atoms with Crippen LogP contribution in [0.2, 0.25) is 0 Å². The molecule has 1 aliphatic heterocycles. The number of furan rings is 1. The molecule has 0 N–H and O–H groups in total. The number of nitrogens with zero attached hydrogens (tertiary/aromatic N) is 3. The average Bonchev–Trinajstić information content (AvgIpc) is 3.52. The van der Waals surface area contributed by atoms with Crippen LogP contribution < -0.4 is 4.74 Å². The predicted octanol–water partition coefficient (Wildman–Crippen LogP) is 4.65. The number of thiophene rings is 1. The molecule has 1 fully saturated rings. The molecule has 5 rings (SSSR count). The quantitative estimate of drug-likeness (QED) is 0.465. The van der Waals surface area contributed by atoms with E-state index in [0.29, 0.717) is 48.3 Å². The molecule has 1 aromatic carbocycles. The summed E-state index contributed by atoms with van der Waals surface area (Å²) in [6, 6.07) is 9.39. The minimum atomic E-state index is -0.0950. The van der Waals surface area contributed by atoms with Gasteiger partial charge in [-0.15, -0.1) is 0 Å². The van der Waals surface area contributed by atoms with E-state index in [4.69, 9.17) is 13.7 Å². The van der Waals surface area contributed by atoms with E-state index in [1.54, 1.807) is 24.5 Å². The number of piperidine rings is 1. The number of ether oxygens (including phenoxy) is 1. The van der Waals surface area contributed by atoms with E-state index >= 15 is 0 Å². The van der Waals surface area contributed by atoms with Gasteiger partial charge in [0.25, 0.3) is 5.91 Å². The summed E-state index contributed by atoms with van der Waals surface area (Å²) in [5, 5.41) is 8.93. The van der Waals surface area contributed by atoms with Crippen LogP contribution in [0.15, 0.2) is 50.0 Å². The summed E-state index contributed by atoms with van der Waals surface area (Å²) in [4.78, 5) is 19.4. The fourth-order valence-electron chi connectivity index (χ4n) is 3.97. The van der Waals surface area contributed by atoms with Crippen LogP contribution in [0.4, 0.5) is 0 Å². The SMILES string of the molecule is COc1cccc2cc(C(=O)N3CCCC(Cc4nc(-c5ccsc5)no4)C3)oc12. The summed E-state index contributed by atoms with van der Waals surface area (Å²) >= 11 is 1.60. The second-order valence-corrected chi connectivity index (χ2v) is 8.26. The molecule has 1 unspecified atom stereocenters. The number of fused-ring (bicyclic) bond motifs is 1. The molecule has 0 bridgehead atoms. The molecule has 1 amide bonds. The summed E-state index contributed by atoms with van der Waals surface area (Å²) in [6.45, 7) is 1.36. The van der Waals surface area contributed by atoms with Crippen LogP contribution in [0.5, 0.6) is 5.75 Å². The number of rotatable bonds is 5. The number of carbonyl (C=O) groups excluding carboxylic acids is 1. The first-order valence-corrected chi connectivity index (χ1v) is 10.9. The molecule has 30 heavy (non-hydrogen) atoms. The van der Waals surface area contributed by atoms with Crippen molar-refractivity contribution in [2.24, 2.45) is 5.92 Å². The van der Waals surface area contributed by atoms with Gasteiger partial charge in [-0.3, -0.25) is 4.79 Å². The molecular weight excluding hydrogens is 402 g/mol. The highest BCUT2D eigenvalue weighted by Crippen LogP contribution is 2.30. The normalized spacial score (nSPS) is 16.8. The van der Waals surface area contributed by atoms with Crippen molar-refractivity contribution in [3.8, 4) is 17.1 Å². The van der Waals surface area contributed by atoms with Gasteiger partial charge in [-0.2, -0.15) is 16.3 Å². The molecule has 1 aliphatic rings. The van der Waals surface area contributed by atoms with Crippen molar-refractivity contribution in [3.05, 3.63) is 52.7 Å². The molecule has 1 saturated heterocycles. The molecule has 0 radical (unpaired) electrons. The molecule has 3 aromatic heterocycles. The van der Waals surface area contributed by atoms with Crippen LogP contribution in [-0.2, 0) is 6.42 Å². The van der Waals surface area contributed by atoms with Gasteiger partial charge in [0.05, 0.1) is 7.11 Å². The van der Waals surface area contributed by atoms with Crippen LogP contribution >= 0.6 is 11.3 Å². The van der Waals surface area contributed by atoms with Crippen LogP contribution in [-0.4, -0.2) is 41.1 Å². The van der Waals surface area contributed by atoms with E-state index in [1.165, 1.54) is 0 Å². The van der Waals surface area contributed by atoms with E-state index in [0.717, 1.165) is 23.8 Å². The van der Waals surface area contributed by atoms with Gasteiger partial charge in [0, 0.05) is 35.8 Å². The Balaban J connectivity index is 1.29. The van der Waals surface area contributed by atoms with Crippen LogP contribution in [0.25, 0.3) is 22.4 Å². The Morgan fingerprint density at radius 2 is 2.30 bits per heavy atom. The summed E-state index contributed by atoms with van der Waals surface area (Å²) in [7, 11) is 1.59. The molecule has 0 saturated carbocycles. The highest BCUT2D eigenvalue weighted by atomic mass is 32.1. The number of hydrogen-bond acceptors (Lipinski definition) is 7. The smallest absolute Gasteiger partial charge is 0.289 e. The van der Waals surface area contributed by atoms with Crippen molar-refractivity contribution in [2.75, 3.05) is 20.2 Å². The summed E-state index contributed by atoms with van der Waals surface area (Å²) in [5.41, 5.74) is 1.57. The van der Waals surface area contributed by atoms with E-state index < -0.39 is 0 Å².